The maximum Gasteiger partial charge on any atom is 0.412 e. The van der Waals surface area contributed by atoms with E-state index in [1.54, 1.807) is 11.0 Å². The molecule has 1 atom stereocenters. The molecule has 1 saturated heterocycles. The van der Waals surface area contributed by atoms with Gasteiger partial charge in [0.05, 0.1) is 28.9 Å². The first kappa shape index (κ1) is 21.8. The Morgan fingerprint density at radius 3 is 2.18 bits per heavy atom. The van der Waals surface area contributed by atoms with Crippen molar-refractivity contribution >= 4 is 38.9 Å². The third-order valence-electron chi connectivity index (χ3n) is 6.72. The van der Waals surface area contributed by atoms with Gasteiger partial charge in [0.2, 0.25) is 5.91 Å². The lowest BCUT2D eigenvalue weighted by Gasteiger charge is -2.40. The lowest BCUT2D eigenvalue weighted by Crippen LogP contribution is -2.52. The Hall–Kier alpha value is -3.07. The molecule has 2 fully saturated rings. The molecule has 2 aliphatic heterocycles. The van der Waals surface area contributed by atoms with Crippen LogP contribution in [0.2, 0.25) is 0 Å². The first-order chi connectivity index (χ1) is 15.7. The molecule has 0 unspecified atom stereocenters. The third-order valence-corrected chi connectivity index (χ3v) is 8.33. The van der Waals surface area contributed by atoms with Crippen LogP contribution in [0.4, 0.5) is 21.9 Å². The highest BCUT2D eigenvalue weighted by Crippen LogP contribution is 2.42. The molecule has 1 saturated carbocycles. The van der Waals surface area contributed by atoms with Gasteiger partial charge in [0.25, 0.3) is 0 Å². The number of fused-ring (bicyclic) bond motifs is 1. The third kappa shape index (κ3) is 4.17. The van der Waals surface area contributed by atoms with Gasteiger partial charge in [0.15, 0.2) is 9.84 Å². The monoisotopic (exact) mass is 469 g/mol. The maximum atomic E-state index is 13.0. The average Bonchev–Trinajstić information content (AvgIpc) is 3.63. The van der Waals surface area contributed by atoms with E-state index < -0.39 is 15.9 Å². The quantitative estimate of drug-likeness (QED) is 0.741. The van der Waals surface area contributed by atoms with Gasteiger partial charge in [0, 0.05) is 31.2 Å². The van der Waals surface area contributed by atoms with Gasteiger partial charge >= 0.3 is 6.09 Å². The highest BCUT2D eigenvalue weighted by molar-refractivity contribution is 7.91. The maximum absolute atomic E-state index is 13.0. The smallest absolute Gasteiger partial charge is 0.412 e. The zero-order valence-electron chi connectivity index (χ0n) is 18.5. The van der Waals surface area contributed by atoms with Crippen LogP contribution < -0.4 is 14.7 Å². The van der Waals surface area contributed by atoms with Gasteiger partial charge in [-0.15, -0.1) is 0 Å². The normalized spacial score (nSPS) is 22.1. The average molecular weight is 470 g/mol. The number of carbonyl (C=O) groups excluding carboxylic acids is 1. The fourth-order valence-electron chi connectivity index (χ4n) is 4.69. The second-order valence-corrected chi connectivity index (χ2v) is 11.4. The molecule has 0 aromatic heterocycles. The number of carboxylic acid groups (broad SMARTS) is 1. The van der Waals surface area contributed by atoms with Crippen LogP contribution in [-0.4, -0.2) is 62.7 Å². The zero-order valence-corrected chi connectivity index (χ0v) is 19.3. The highest BCUT2D eigenvalue weighted by atomic mass is 32.2. The van der Waals surface area contributed by atoms with Crippen LogP contribution in [0, 0.1) is 5.92 Å². The Bertz CT molecular complexity index is 1190. The van der Waals surface area contributed by atoms with Crippen molar-refractivity contribution < 1.29 is 23.1 Å². The predicted octanol–water partition coefficient (Wildman–Crippen LogP) is 3.22. The largest absolute Gasteiger partial charge is 0.465 e. The van der Waals surface area contributed by atoms with Gasteiger partial charge in [0.1, 0.15) is 0 Å². The van der Waals surface area contributed by atoms with E-state index in [0.717, 1.165) is 29.7 Å². The molecule has 1 aliphatic carbocycles. The molecule has 2 heterocycles. The Labute approximate surface area is 193 Å². The fraction of sp³-hybridized carbons (Fsp3) is 0.417. The van der Waals surface area contributed by atoms with Gasteiger partial charge in [-0.05, 0) is 55.2 Å². The summed E-state index contributed by atoms with van der Waals surface area (Å²) in [4.78, 5) is 30.0. The summed E-state index contributed by atoms with van der Waals surface area (Å²) in [6, 6.07) is 13.2. The second-order valence-electron chi connectivity index (χ2n) is 9.11. The van der Waals surface area contributed by atoms with E-state index in [0.29, 0.717) is 31.0 Å². The van der Waals surface area contributed by atoms with Crippen molar-refractivity contribution in [1.29, 1.82) is 0 Å². The molecule has 2 amide bonds. The molecule has 8 nitrogen and oxygen atoms in total. The topological polar surface area (TPSA) is 98.2 Å². The number of sulfone groups is 1. The first-order valence-electron chi connectivity index (χ1n) is 11.3. The number of nitrogens with zero attached hydrogens (tertiary/aromatic N) is 3. The first-order valence-corrected chi connectivity index (χ1v) is 13.1. The van der Waals surface area contributed by atoms with Crippen LogP contribution in [0.15, 0.2) is 42.5 Å². The summed E-state index contributed by atoms with van der Waals surface area (Å²) in [6.07, 6.45) is 0.754. The number of hydrogen-bond acceptors (Lipinski definition) is 5. The zero-order chi connectivity index (χ0) is 23.3. The Morgan fingerprint density at radius 2 is 1.58 bits per heavy atom. The molecule has 2 aromatic rings. The van der Waals surface area contributed by atoms with Crippen molar-refractivity contribution in [2.24, 2.45) is 5.92 Å². The minimum atomic E-state index is -2.93. The van der Waals surface area contributed by atoms with Gasteiger partial charge in [-0.2, -0.15) is 0 Å². The number of rotatable bonds is 3. The van der Waals surface area contributed by atoms with Crippen LogP contribution in [0.25, 0.3) is 11.1 Å². The summed E-state index contributed by atoms with van der Waals surface area (Å²) in [5.74, 6) is 0.449. The van der Waals surface area contributed by atoms with Gasteiger partial charge in [-0.25, -0.2) is 13.2 Å². The Balaban J connectivity index is 1.45. The lowest BCUT2D eigenvalue weighted by atomic mass is 10.00. The minimum absolute atomic E-state index is 0.0396. The molecule has 1 N–H and O–H groups in total. The van der Waals surface area contributed by atoms with Crippen molar-refractivity contribution in [2.45, 2.75) is 25.8 Å². The predicted molar refractivity (Wildman–Crippen MR) is 128 cm³/mol. The van der Waals surface area contributed by atoms with E-state index in [1.165, 1.54) is 4.90 Å². The molecule has 5 rings (SSSR count). The molecular formula is C24H27N3O5S. The molecule has 0 radical (unpaired) electrons. The highest BCUT2D eigenvalue weighted by Gasteiger charge is 2.40. The van der Waals surface area contributed by atoms with E-state index in [4.69, 9.17) is 0 Å². The Morgan fingerprint density at radius 1 is 0.939 bits per heavy atom. The van der Waals surface area contributed by atoms with Crippen molar-refractivity contribution in [3.8, 4) is 11.1 Å². The van der Waals surface area contributed by atoms with E-state index in [9.17, 15) is 23.1 Å². The Kier molecular flexibility index (Phi) is 5.31. The molecule has 174 valence electrons. The molecular weight excluding hydrogens is 442 g/mol. The summed E-state index contributed by atoms with van der Waals surface area (Å²) in [7, 11) is -2.93. The number of carbonyl (C=O) groups is 2. The van der Waals surface area contributed by atoms with Crippen LogP contribution >= 0.6 is 0 Å². The van der Waals surface area contributed by atoms with Crippen LogP contribution in [0.3, 0.4) is 0 Å². The minimum Gasteiger partial charge on any atom is -0.465 e. The molecule has 0 bridgehead atoms. The SMILES string of the molecule is C[C@H]1CN(C(=O)C2CC2)c2cc(-c3ccc(N4CCS(=O)(=O)CC4)cc3)ccc2N1C(=O)O. The molecule has 9 heteroatoms. The molecule has 33 heavy (non-hydrogen) atoms. The summed E-state index contributed by atoms with van der Waals surface area (Å²) in [6.45, 7) is 3.14. The summed E-state index contributed by atoms with van der Waals surface area (Å²) >= 11 is 0. The number of hydrogen-bond donors (Lipinski definition) is 1. The van der Waals surface area contributed by atoms with Crippen molar-refractivity contribution in [3.63, 3.8) is 0 Å². The van der Waals surface area contributed by atoms with Crippen LogP contribution in [0.5, 0.6) is 0 Å². The van der Waals surface area contributed by atoms with Crippen molar-refractivity contribution in [3.05, 3.63) is 42.5 Å². The van der Waals surface area contributed by atoms with Crippen LogP contribution in [0.1, 0.15) is 19.8 Å². The standard InChI is InChI=1S/C24H27N3O5S/c1-16-15-26(23(28)18-2-3-18)22-14-19(6-9-21(22)27(16)24(29)30)17-4-7-20(8-5-17)25-10-12-33(31,32)13-11-25/h4-9,14,16,18H,2-3,10-13,15H2,1H3,(H,29,30)/t16-/m0/s1. The van der Waals surface area contributed by atoms with E-state index in [-0.39, 0.29) is 29.4 Å². The second kappa shape index (κ2) is 8.06. The number of amides is 2. The molecule has 2 aromatic carbocycles. The molecule has 3 aliphatic rings. The lowest BCUT2D eigenvalue weighted by molar-refractivity contribution is -0.119. The van der Waals surface area contributed by atoms with Gasteiger partial charge < -0.3 is 14.9 Å². The van der Waals surface area contributed by atoms with E-state index >= 15 is 0 Å². The van der Waals surface area contributed by atoms with Crippen molar-refractivity contribution in [2.75, 3.05) is 45.8 Å². The fourth-order valence-corrected chi connectivity index (χ4v) is 5.89. The van der Waals surface area contributed by atoms with Gasteiger partial charge in [-0.1, -0.05) is 18.2 Å². The van der Waals surface area contributed by atoms with E-state index in [2.05, 4.69) is 4.90 Å². The summed E-state index contributed by atoms with van der Waals surface area (Å²) in [5, 5.41) is 9.76. The molecule has 0 spiro atoms. The van der Waals surface area contributed by atoms with Gasteiger partial charge in [-0.3, -0.25) is 9.69 Å². The number of benzene rings is 2. The van der Waals surface area contributed by atoms with Crippen molar-refractivity contribution in [1.82, 2.24) is 0 Å². The summed E-state index contributed by atoms with van der Waals surface area (Å²) < 4.78 is 23.4. The van der Waals surface area contributed by atoms with E-state index in [1.807, 2.05) is 43.3 Å². The summed E-state index contributed by atoms with van der Waals surface area (Å²) in [5.41, 5.74) is 3.99. The van der Waals surface area contributed by atoms with Crippen LogP contribution in [-0.2, 0) is 14.6 Å². The number of anilines is 3.